The third-order valence-electron chi connectivity index (χ3n) is 3.66. The number of benzene rings is 2. The number of amides is 1. The zero-order chi connectivity index (χ0) is 17.5. The summed E-state index contributed by atoms with van der Waals surface area (Å²) in [7, 11) is 0. The van der Waals surface area contributed by atoms with E-state index in [4.69, 9.17) is 4.74 Å². The van der Waals surface area contributed by atoms with Gasteiger partial charge < -0.3 is 10.1 Å². The molecule has 0 fully saturated rings. The Morgan fingerprint density at radius 3 is 2.64 bits per heavy atom. The maximum Gasteiger partial charge on any atom is 0.226 e. The highest BCUT2D eigenvalue weighted by Gasteiger charge is 2.08. The van der Waals surface area contributed by atoms with E-state index in [0.29, 0.717) is 24.6 Å². The molecular formula is C20H20N2O2S. The van der Waals surface area contributed by atoms with Crippen LogP contribution in [0.4, 0.5) is 5.13 Å². The van der Waals surface area contributed by atoms with Gasteiger partial charge in [-0.25, -0.2) is 4.98 Å². The first-order chi connectivity index (χ1) is 12.2. The molecule has 0 spiro atoms. The van der Waals surface area contributed by atoms with E-state index < -0.39 is 0 Å². The van der Waals surface area contributed by atoms with Crippen molar-refractivity contribution in [1.29, 1.82) is 0 Å². The summed E-state index contributed by atoms with van der Waals surface area (Å²) in [6.07, 6.45) is 1.07. The molecule has 0 unspecified atom stereocenters. The summed E-state index contributed by atoms with van der Waals surface area (Å²) in [4.78, 5) is 16.5. The zero-order valence-corrected chi connectivity index (χ0v) is 14.9. The predicted molar refractivity (Wildman–Crippen MR) is 102 cm³/mol. The van der Waals surface area contributed by atoms with E-state index >= 15 is 0 Å². The van der Waals surface area contributed by atoms with Crippen LogP contribution >= 0.6 is 11.3 Å². The summed E-state index contributed by atoms with van der Waals surface area (Å²) in [5.74, 6) is 0.792. The molecule has 0 bridgehead atoms. The fourth-order valence-corrected chi connectivity index (χ4v) is 3.05. The summed E-state index contributed by atoms with van der Waals surface area (Å²) in [5, 5.41) is 5.43. The number of carbonyl (C=O) groups is 1. The van der Waals surface area contributed by atoms with Crippen LogP contribution in [0.3, 0.4) is 0 Å². The molecule has 3 aromatic rings. The van der Waals surface area contributed by atoms with Crippen LogP contribution < -0.4 is 10.1 Å². The predicted octanol–water partition coefficient (Wildman–Crippen LogP) is 4.92. The van der Waals surface area contributed by atoms with E-state index in [1.165, 1.54) is 16.9 Å². The minimum atomic E-state index is -0.0403. The summed E-state index contributed by atoms with van der Waals surface area (Å²) in [5.41, 5.74) is 3.12. The fourth-order valence-electron chi connectivity index (χ4n) is 2.31. The lowest BCUT2D eigenvalue weighted by atomic mass is 10.2. The van der Waals surface area contributed by atoms with E-state index in [1.54, 1.807) is 0 Å². The standard InChI is InChI=1S/C20H20N2O2S/c1-15-9-11-17(12-10-15)24-13-5-8-19(23)22-20-21-18(14-25-20)16-6-3-2-4-7-16/h2-4,6-7,9-12,14H,5,8,13H2,1H3,(H,21,22,23). The lowest BCUT2D eigenvalue weighted by Crippen LogP contribution is -2.12. The number of nitrogens with one attached hydrogen (secondary N) is 1. The molecule has 0 aliphatic carbocycles. The molecule has 1 amide bonds. The number of anilines is 1. The molecule has 25 heavy (non-hydrogen) atoms. The second kappa shape index (κ2) is 8.44. The van der Waals surface area contributed by atoms with Gasteiger partial charge in [0.1, 0.15) is 5.75 Å². The maximum atomic E-state index is 12.0. The van der Waals surface area contributed by atoms with Crippen molar-refractivity contribution in [3.63, 3.8) is 0 Å². The number of aromatic nitrogens is 1. The SMILES string of the molecule is Cc1ccc(OCCCC(=O)Nc2nc(-c3ccccc3)cs2)cc1. The van der Waals surface area contributed by atoms with Crippen LogP contribution in [0.5, 0.6) is 5.75 Å². The molecule has 0 atom stereocenters. The normalized spacial score (nSPS) is 10.4. The van der Waals surface area contributed by atoms with Crippen molar-refractivity contribution in [3.05, 3.63) is 65.5 Å². The topological polar surface area (TPSA) is 51.2 Å². The van der Waals surface area contributed by atoms with Crippen molar-refractivity contribution in [2.45, 2.75) is 19.8 Å². The molecule has 0 aliphatic rings. The van der Waals surface area contributed by atoms with Crippen molar-refractivity contribution in [1.82, 2.24) is 4.98 Å². The van der Waals surface area contributed by atoms with E-state index in [2.05, 4.69) is 10.3 Å². The fraction of sp³-hybridized carbons (Fsp3) is 0.200. The monoisotopic (exact) mass is 352 g/mol. The van der Waals surface area contributed by atoms with Crippen LogP contribution in [0.15, 0.2) is 60.0 Å². The lowest BCUT2D eigenvalue weighted by molar-refractivity contribution is -0.116. The van der Waals surface area contributed by atoms with Gasteiger partial charge in [-0.3, -0.25) is 4.79 Å². The number of thiazole rings is 1. The maximum absolute atomic E-state index is 12.0. The molecule has 1 aromatic heterocycles. The summed E-state index contributed by atoms with van der Waals surface area (Å²) >= 11 is 1.44. The third-order valence-corrected chi connectivity index (χ3v) is 4.42. The van der Waals surface area contributed by atoms with Crippen LogP contribution in [0.25, 0.3) is 11.3 Å². The highest BCUT2D eigenvalue weighted by Crippen LogP contribution is 2.24. The number of ether oxygens (including phenoxy) is 1. The average molecular weight is 352 g/mol. The average Bonchev–Trinajstić information content (AvgIpc) is 3.09. The number of aryl methyl sites for hydroxylation is 1. The van der Waals surface area contributed by atoms with Crippen LogP contribution in [0.2, 0.25) is 0 Å². The van der Waals surface area contributed by atoms with Gasteiger partial charge in [0, 0.05) is 17.4 Å². The Morgan fingerprint density at radius 1 is 1.12 bits per heavy atom. The zero-order valence-electron chi connectivity index (χ0n) is 14.1. The van der Waals surface area contributed by atoms with Crippen LogP contribution in [-0.4, -0.2) is 17.5 Å². The molecule has 3 rings (SSSR count). The van der Waals surface area contributed by atoms with Gasteiger partial charge in [0.25, 0.3) is 0 Å². The first-order valence-electron chi connectivity index (χ1n) is 8.21. The molecule has 1 heterocycles. The Morgan fingerprint density at radius 2 is 1.88 bits per heavy atom. The molecule has 2 aromatic carbocycles. The highest BCUT2D eigenvalue weighted by atomic mass is 32.1. The molecule has 1 N–H and O–H groups in total. The largest absolute Gasteiger partial charge is 0.494 e. The summed E-state index contributed by atoms with van der Waals surface area (Å²) in [6, 6.07) is 17.8. The smallest absolute Gasteiger partial charge is 0.226 e. The van der Waals surface area contributed by atoms with Gasteiger partial charge in [-0.1, -0.05) is 48.0 Å². The molecule has 0 saturated heterocycles. The van der Waals surface area contributed by atoms with Gasteiger partial charge in [-0.2, -0.15) is 0 Å². The molecule has 0 saturated carbocycles. The van der Waals surface area contributed by atoms with Crippen molar-refractivity contribution >= 4 is 22.4 Å². The van der Waals surface area contributed by atoms with Crippen molar-refractivity contribution in [2.75, 3.05) is 11.9 Å². The number of carbonyl (C=O) groups excluding carboxylic acids is 1. The first-order valence-corrected chi connectivity index (χ1v) is 9.09. The summed E-state index contributed by atoms with van der Waals surface area (Å²) < 4.78 is 5.63. The molecule has 5 heteroatoms. The van der Waals surface area contributed by atoms with Crippen LogP contribution in [0, 0.1) is 6.92 Å². The quantitative estimate of drug-likeness (QED) is 0.614. The van der Waals surface area contributed by atoms with Crippen LogP contribution in [0.1, 0.15) is 18.4 Å². The number of nitrogens with zero attached hydrogens (tertiary/aromatic N) is 1. The minimum absolute atomic E-state index is 0.0403. The molecular weight excluding hydrogens is 332 g/mol. The van der Waals surface area contributed by atoms with E-state index in [-0.39, 0.29) is 5.91 Å². The summed E-state index contributed by atoms with van der Waals surface area (Å²) in [6.45, 7) is 2.56. The molecule has 128 valence electrons. The first kappa shape index (κ1) is 17.2. The number of rotatable bonds is 7. The molecule has 4 nitrogen and oxygen atoms in total. The van der Waals surface area contributed by atoms with Gasteiger partial charge in [0.15, 0.2) is 5.13 Å². The number of hydrogen-bond acceptors (Lipinski definition) is 4. The number of hydrogen-bond donors (Lipinski definition) is 1. The van der Waals surface area contributed by atoms with Crippen molar-refractivity contribution in [2.24, 2.45) is 0 Å². The van der Waals surface area contributed by atoms with E-state index in [9.17, 15) is 4.79 Å². The Bertz CT molecular complexity index is 813. The van der Waals surface area contributed by atoms with Gasteiger partial charge >= 0.3 is 0 Å². The molecule has 0 aliphatic heterocycles. The Kier molecular flexibility index (Phi) is 5.80. The lowest BCUT2D eigenvalue weighted by Gasteiger charge is -2.06. The minimum Gasteiger partial charge on any atom is -0.494 e. The Hall–Kier alpha value is -2.66. The third kappa shape index (κ3) is 5.16. The van der Waals surface area contributed by atoms with E-state index in [0.717, 1.165) is 17.0 Å². The Balaban J connectivity index is 1.42. The second-order valence-corrected chi connectivity index (χ2v) is 6.58. The van der Waals surface area contributed by atoms with Crippen LogP contribution in [-0.2, 0) is 4.79 Å². The highest BCUT2D eigenvalue weighted by molar-refractivity contribution is 7.14. The van der Waals surface area contributed by atoms with Gasteiger partial charge in [0.05, 0.1) is 12.3 Å². The van der Waals surface area contributed by atoms with Crippen molar-refractivity contribution in [3.8, 4) is 17.0 Å². The Labute approximate surface area is 151 Å². The second-order valence-electron chi connectivity index (χ2n) is 5.72. The van der Waals surface area contributed by atoms with Gasteiger partial charge in [-0.05, 0) is 25.5 Å². The van der Waals surface area contributed by atoms with E-state index in [1.807, 2.05) is 66.9 Å². The van der Waals surface area contributed by atoms with Gasteiger partial charge in [0.2, 0.25) is 5.91 Å². The molecule has 0 radical (unpaired) electrons. The van der Waals surface area contributed by atoms with Crippen molar-refractivity contribution < 1.29 is 9.53 Å². The van der Waals surface area contributed by atoms with Gasteiger partial charge in [-0.15, -0.1) is 11.3 Å².